The molecule has 7 heteroatoms. The predicted molar refractivity (Wildman–Crippen MR) is 139 cm³/mol. The second kappa shape index (κ2) is 11.3. The Morgan fingerprint density at radius 3 is 2.31 bits per heavy atom. The highest BCUT2D eigenvalue weighted by molar-refractivity contribution is 5.83. The summed E-state index contributed by atoms with van der Waals surface area (Å²) < 4.78 is 23.1. The van der Waals surface area contributed by atoms with Gasteiger partial charge in [0.2, 0.25) is 11.2 Å². The zero-order valence-corrected chi connectivity index (χ0v) is 19.8. The topological polar surface area (TPSA) is 110 Å². The van der Waals surface area contributed by atoms with E-state index in [2.05, 4.69) is 0 Å². The molecule has 3 aromatic carbocycles. The molecule has 35 heavy (non-hydrogen) atoms. The molecular formula is C28H30N2O5. The third-order valence-corrected chi connectivity index (χ3v) is 5.67. The number of hydrogen-bond acceptors (Lipinski definition) is 7. The molecular weight excluding hydrogens is 444 g/mol. The summed E-state index contributed by atoms with van der Waals surface area (Å²) >= 11 is 0. The van der Waals surface area contributed by atoms with Crippen LogP contribution < -0.4 is 31.1 Å². The van der Waals surface area contributed by atoms with Crippen molar-refractivity contribution < 1.29 is 18.6 Å². The Bertz CT molecular complexity index is 1330. The Hall–Kier alpha value is -4.13. The summed E-state index contributed by atoms with van der Waals surface area (Å²) in [5, 5.41) is 0.457. The van der Waals surface area contributed by atoms with Crippen molar-refractivity contribution in [2.75, 3.05) is 31.8 Å². The minimum absolute atomic E-state index is 0.194. The molecule has 0 aliphatic heterocycles. The van der Waals surface area contributed by atoms with E-state index in [1.165, 1.54) is 0 Å². The molecule has 0 radical (unpaired) electrons. The third-order valence-electron chi connectivity index (χ3n) is 5.67. The van der Waals surface area contributed by atoms with E-state index < -0.39 is 0 Å². The average molecular weight is 475 g/mol. The Morgan fingerprint density at radius 1 is 0.829 bits per heavy atom. The minimum Gasteiger partial charge on any atom is -0.497 e. The Morgan fingerprint density at radius 2 is 1.57 bits per heavy atom. The Balaban J connectivity index is 1.36. The highest BCUT2D eigenvalue weighted by Crippen LogP contribution is 2.32. The molecule has 7 nitrogen and oxygen atoms in total. The van der Waals surface area contributed by atoms with Crippen LogP contribution in [-0.2, 0) is 0 Å². The third kappa shape index (κ3) is 5.87. The van der Waals surface area contributed by atoms with Crippen molar-refractivity contribution in [2.24, 2.45) is 0 Å². The number of rotatable bonds is 11. The lowest BCUT2D eigenvalue weighted by molar-refractivity contribution is 0.284. The number of benzene rings is 3. The van der Waals surface area contributed by atoms with Gasteiger partial charge in [-0.15, -0.1) is 0 Å². The van der Waals surface area contributed by atoms with Crippen molar-refractivity contribution in [3.05, 3.63) is 77.0 Å². The summed E-state index contributed by atoms with van der Waals surface area (Å²) in [7, 11) is 1.58. The van der Waals surface area contributed by atoms with Crippen LogP contribution in [0.3, 0.4) is 0 Å². The Labute approximate surface area is 204 Å². The molecule has 0 bridgehead atoms. The number of nitrogen functional groups attached to an aromatic ring is 2. The molecule has 0 aliphatic rings. The molecule has 4 aromatic rings. The van der Waals surface area contributed by atoms with Crippen LogP contribution in [0.25, 0.3) is 22.3 Å². The van der Waals surface area contributed by atoms with Crippen molar-refractivity contribution in [1.82, 2.24) is 0 Å². The molecule has 0 spiro atoms. The van der Waals surface area contributed by atoms with Gasteiger partial charge in [-0.3, -0.25) is 4.79 Å². The SMILES string of the molecule is COc1ccc2c(=O)c(OCCCCCCOc3cc(N)ccc3N)c(-c3ccccc3)oc2c1. The number of unbranched alkanes of at least 4 members (excludes halogenated alkanes) is 3. The molecule has 182 valence electrons. The van der Waals surface area contributed by atoms with E-state index in [4.69, 9.17) is 30.1 Å². The molecule has 0 saturated heterocycles. The highest BCUT2D eigenvalue weighted by Gasteiger charge is 2.18. The van der Waals surface area contributed by atoms with E-state index >= 15 is 0 Å². The van der Waals surface area contributed by atoms with Crippen molar-refractivity contribution in [2.45, 2.75) is 25.7 Å². The van der Waals surface area contributed by atoms with E-state index in [1.54, 1.807) is 43.5 Å². The number of anilines is 2. The van der Waals surface area contributed by atoms with Gasteiger partial charge in [-0.05, 0) is 49.9 Å². The van der Waals surface area contributed by atoms with Crippen LogP contribution in [0.2, 0.25) is 0 Å². The maximum atomic E-state index is 13.3. The fourth-order valence-corrected chi connectivity index (χ4v) is 3.78. The van der Waals surface area contributed by atoms with Gasteiger partial charge in [-0.2, -0.15) is 0 Å². The summed E-state index contributed by atoms with van der Waals surface area (Å²) in [6, 6.07) is 19.9. The van der Waals surface area contributed by atoms with Crippen LogP contribution in [0.15, 0.2) is 75.9 Å². The number of ether oxygens (including phenoxy) is 3. The smallest absolute Gasteiger partial charge is 0.235 e. The summed E-state index contributed by atoms with van der Waals surface area (Å²) in [6.45, 7) is 0.972. The highest BCUT2D eigenvalue weighted by atomic mass is 16.5. The molecule has 1 aromatic heterocycles. The fourth-order valence-electron chi connectivity index (χ4n) is 3.78. The maximum absolute atomic E-state index is 13.3. The monoisotopic (exact) mass is 474 g/mol. The van der Waals surface area contributed by atoms with E-state index in [0.717, 1.165) is 31.2 Å². The van der Waals surface area contributed by atoms with Gasteiger partial charge < -0.3 is 30.1 Å². The van der Waals surface area contributed by atoms with Crippen molar-refractivity contribution in [3.8, 4) is 28.6 Å². The zero-order chi connectivity index (χ0) is 24.6. The average Bonchev–Trinajstić information content (AvgIpc) is 2.88. The number of methoxy groups -OCH3 is 1. The molecule has 0 saturated carbocycles. The normalized spacial score (nSPS) is 10.9. The van der Waals surface area contributed by atoms with Gasteiger partial charge in [0.15, 0.2) is 5.76 Å². The van der Waals surface area contributed by atoms with E-state index in [9.17, 15) is 4.79 Å². The van der Waals surface area contributed by atoms with Crippen LogP contribution in [0, 0.1) is 0 Å². The summed E-state index contributed by atoms with van der Waals surface area (Å²) in [5.74, 6) is 1.89. The predicted octanol–water partition coefficient (Wildman–Crippen LogP) is 5.65. The lowest BCUT2D eigenvalue weighted by Crippen LogP contribution is -2.11. The molecule has 0 atom stereocenters. The first kappa shape index (κ1) is 24.0. The fraction of sp³-hybridized carbons (Fsp3) is 0.250. The van der Waals surface area contributed by atoms with Crippen LogP contribution in [0.1, 0.15) is 25.7 Å². The number of fused-ring (bicyclic) bond motifs is 1. The van der Waals surface area contributed by atoms with Crippen LogP contribution in [0.5, 0.6) is 17.2 Å². The van der Waals surface area contributed by atoms with Crippen molar-refractivity contribution >= 4 is 22.3 Å². The standard InChI is InChI=1S/C28H30N2O5/c1-32-21-12-13-22-24(18-21)35-27(19-9-5-4-6-10-19)28(26(22)31)34-16-8-3-2-7-15-33-25-17-20(29)11-14-23(25)30/h4-6,9-14,17-18H,2-3,7-8,15-16,29-30H2,1H3. The van der Waals surface area contributed by atoms with Crippen molar-refractivity contribution in [1.29, 1.82) is 0 Å². The van der Waals surface area contributed by atoms with E-state index in [1.807, 2.05) is 30.3 Å². The maximum Gasteiger partial charge on any atom is 0.235 e. The lowest BCUT2D eigenvalue weighted by Gasteiger charge is -2.12. The quantitative estimate of drug-likeness (QED) is 0.213. The van der Waals surface area contributed by atoms with Gasteiger partial charge >= 0.3 is 0 Å². The van der Waals surface area contributed by atoms with Gasteiger partial charge in [0, 0.05) is 23.4 Å². The summed E-state index contributed by atoms with van der Waals surface area (Å²) in [6.07, 6.45) is 3.58. The summed E-state index contributed by atoms with van der Waals surface area (Å²) in [4.78, 5) is 13.3. The van der Waals surface area contributed by atoms with E-state index in [-0.39, 0.29) is 11.2 Å². The second-order valence-electron chi connectivity index (χ2n) is 8.23. The van der Waals surface area contributed by atoms with Gasteiger partial charge in [-0.1, -0.05) is 30.3 Å². The molecule has 0 fully saturated rings. The van der Waals surface area contributed by atoms with E-state index in [0.29, 0.717) is 52.8 Å². The first-order chi connectivity index (χ1) is 17.1. The molecule has 0 amide bonds. The molecule has 0 unspecified atom stereocenters. The zero-order valence-electron chi connectivity index (χ0n) is 19.8. The van der Waals surface area contributed by atoms with Crippen LogP contribution in [-0.4, -0.2) is 20.3 Å². The molecule has 4 rings (SSSR count). The number of nitrogens with two attached hydrogens (primary N) is 2. The molecule has 1 heterocycles. The molecule has 0 aliphatic carbocycles. The largest absolute Gasteiger partial charge is 0.497 e. The number of hydrogen-bond donors (Lipinski definition) is 2. The first-order valence-electron chi connectivity index (χ1n) is 11.7. The minimum atomic E-state index is -0.194. The summed E-state index contributed by atoms with van der Waals surface area (Å²) in [5.41, 5.74) is 13.9. The lowest BCUT2D eigenvalue weighted by atomic mass is 10.1. The van der Waals surface area contributed by atoms with Crippen molar-refractivity contribution in [3.63, 3.8) is 0 Å². The van der Waals surface area contributed by atoms with Crippen LogP contribution in [0.4, 0.5) is 11.4 Å². The second-order valence-corrected chi connectivity index (χ2v) is 8.23. The Kier molecular flexibility index (Phi) is 7.77. The van der Waals surface area contributed by atoms with Gasteiger partial charge in [-0.25, -0.2) is 0 Å². The van der Waals surface area contributed by atoms with Gasteiger partial charge in [0.1, 0.15) is 17.1 Å². The first-order valence-corrected chi connectivity index (χ1v) is 11.7. The molecule has 4 N–H and O–H groups in total. The van der Waals surface area contributed by atoms with Gasteiger partial charge in [0.25, 0.3) is 0 Å². The van der Waals surface area contributed by atoms with Crippen LogP contribution >= 0.6 is 0 Å². The van der Waals surface area contributed by atoms with Gasteiger partial charge in [0.05, 0.1) is 31.4 Å².